The molecule has 0 fully saturated rings. The molecule has 1 aromatic carbocycles. The summed E-state index contributed by atoms with van der Waals surface area (Å²) >= 11 is 6.03. The van der Waals surface area contributed by atoms with Gasteiger partial charge >= 0.3 is 5.97 Å². The van der Waals surface area contributed by atoms with Gasteiger partial charge in [-0.3, -0.25) is 4.79 Å². The molecule has 20 heavy (non-hydrogen) atoms. The van der Waals surface area contributed by atoms with Crippen LogP contribution in [0, 0.1) is 0 Å². The first-order chi connectivity index (χ1) is 9.52. The molecule has 0 saturated heterocycles. The topological polar surface area (TPSA) is 79.7 Å². The molecule has 106 valence electrons. The fourth-order valence-corrected chi connectivity index (χ4v) is 3.22. The van der Waals surface area contributed by atoms with Crippen LogP contribution in [0.15, 0.2) is 18.2 Å². The standard InChI is InChI=1S/C13H13NO4S2/c1-2-18-9-5-3-4-8-11(9)20-12(14-8)7(13(17)19)6-10(15)16/h3-5,7H,2,6H2,1H3,(H,15,16)(H,17,19). The molecule has 2 N–H and O–H groups in total. The number of carbonyl (C=O) groups is 1. The van der Waals surface area contributed by atoms with E-state index in [4.69, 9.17) is 22.1 Å². The molecule has 0 amide bonds. The van der Waals surface area contributed by atoms with Gasteiger partial charge in [0.05, 0.1) is 29.2 Å². The molecule has 2 aromatic rings. The highest BCUT2D eigenvalue weighted by molar-refractivity contribution is 7.80. The average molecular weight is 311 g/mol. The van der Waals surface area contributed by atoms with Gasteiger partial charge in [0.2, 0.25) is 0 Å². The normalized spacial score (nSPS) is 12.2. The van der Waals surface area contributed by atoms with E-state index in [9.17, 15) is 9.90 Å². The fraction of sp³-hybridized carbons (Fsp3) is 0.308. The summed E-state index contributed by atoms with van der Waals surface area (Å²) in [5.74, 6) is -1.10. The van der Waals surface area contributed by atoms with Gasteiger partial charge in [0.15, 0.2) is 5.05 Å². The number of thiocarbonyl (C=S) groups is 1. The number of rotatable bonds is 6. The second-order valence-electron chi connectivity index (χ2n) is 4.08. The summed E-state index contributed by atoms with van der Waals surface area (Å²) < 4.78 is 6.34. The van der Waals surface area contributed by atoms with Crippen molar-refractivity contribution in [3.8, 4) is 5.75 Å². The molecule has 0 aliphatic carbocycles. The van der Waals surface area contributed by atoms with Crippen molar-refractivity contribution in [1.82, 2.24) is 4.98 Å². The van der Waals surface area contributed by atoms with E-state index < -0.39 is 11.9 Å². The van der Waals surface area contributed by atoms with Gasteiger partial charge in [0.25, 0.3) is 0 Å². The van der Waals surface area contributed by atoms with E-state index in [1.165, 1.54) is 11.3 Å². The van der Waals surface area contributed by atoms with Crippen LogP contribution < -0.4 is 4.74 Å². The summed E-state index contributed by atoms with van der Waals surface area (Å²) in [4.78, 5) is 15.2. The summed E-state index contributed by atoms with van der Waals surface area (Å²) in [6, 6.07) is 5.47. The molecule has 0 radical (unpaired) electrons. The van der Waals surface area contributed by atoms with Crippen LogP contribution in [-0.4, -0.2) is 32.8 Å². The van der Waals surface area contributed by atoms with E-state index in [2.05, 4.69) is 4.98 Å². The predicted molar refractivity (Wildman–Crippen MR) is 81.0 cm³/mol. The number of carboxylic acids is 1. The Labute approximate surface area is 124 Å². The van der Waals surface area contributed by atoms with Crippen LogP contribution in [-0.2, 0) is 4.79 Å². The van der Waals surface area contributed by atoms with Crippen LogP contribution in [0.2, 0.25) is 0 Å². The molecule has 0 saturated carbocycles. The van der Waals surface area contributed by atoms with Crippen molar-refractivity contribution in [1.29, 1.82) is 0 Å². The van der Waals surface area contributed by atoms with E-state index in [0.29, 0.717) is 22.9 Å². The van der Waals surface area contributed by atoms with E-state index in [0.717, 1.165) is 4.70 Å². The molecule has 1 atom stereocenters. The summed E-state index contributed by atoms with van der Waals surface area (Å²) in [7, 11) is 0. The molecule has 2 rings (SSSR count). The SMILES string of the molecule is CCOc1cccc2nc(C(CC(=O)O)C(O)=S)sc12. The summed E-state index contributed by atoms with van der Waals surface area (Å²) in [5.41, 5.74) is 0.711. The van der Waals surface area contributed by atoms with Gasteiger partial charge in [-0.25, -0.2) is 4.98 Å². The minimum atomic E-state index is -1.03. The Morgan fingerprint density at radius 1 is 1.50 bits per heavy atom. The number of nitrogens with zero attached hydrogens (tertiary/aromatic N) is 1. The first kappa shape index (κ1) is 14.7. The maximum absolute atomic E-state index is 10.9. The molecular weight excluding hydrogens is 298 g/mol. The Hall–Kier alpha value is -1.73. The first-order valence-electron chi connectivity index (χ1n) is 5.99. The Kier molecular flexibility index (Phi) is 4.51. The Morgan fingerprint density at radius 2 is 2.25 bits per heavy atom. The Bertz CT molecular complexity index is 653. The second-order valence-corrected chi connectivity index (χ2v) is 5.53. The first-order valence-corrected chi connectivity index (χ1v) is 7.22. The number of benzene rings is 1. The Morgan fingerprint density at radius 3 is 2.85 bits per heavy atom. The quantitative estimate of drug-likeness (QED) is 0.798. The molecule has 1 aromatic heterocycles. The van der Waals surface area contributed by atoms with Crippen LogP contribution in [0.4, 0.5) is 0 Å². The lowest BCUT2D eigenvalue weighted by molar-refractivity contribution is -0.137. The van der Waals surface area contributed by atoms with Gasteiger partial charge in [0.1, 0.15) is 10.8 Å². The number of fused-ring (bicyclic) bond motifs is 1. The highest BCUT2D eigenvalue weighted by atomic mass is 32.1. The highest BCUT2D eigenvalue weighted by Gasteiger charge is 2.24. The smallest absolute Gasteiger partial charge is 0.304 e. The van der Waals surface area contributed by atoms with Crippen molar-refractivity contribution in [2.24, 2.45) is 0 Å². The zero-order valence-electron chi connectivity index (χ0n) is 10.7. The van der Waals surface area contributed by atoms with E-state index in [-0.39, 0.29) is 11.5 Å². The molecule has 7 heteroatoms. The summed E-state index contributed by atoms with van der Waals surface area (Å²) in [6.07, 6.45) is -0.279. The zero-order valence-corrected chi connectivity index (χ0v) is 12.3. The number of aromatic nitrogens is 1. The van der Waals surface area contributed by atoms with Crippen molar-refractivity contribution >= 4 is 44.8 Å². The number of aliphatic carboxylic acids is 1. The number of aliphatic hydroxyl groups excluding tert-OH is 1. The molecule has 0 aliphatic heterocycles. The van der Waals surface area contributed by atoms with E-state index >= 15 is 0 Å². The van der Waals surface area contributed by atoms with Crippen molar-refractivity contribution in [3.05, 3.63) is 23.2 Å². The van der Waals surface area contributed by atoms with Crippen LogP contribution >= 0.6 is 23.6 Å². The maximum Gasteiger partial charge on any atom is 0.304 e. The van der Waals surface area contributed by atoms with E-state index in [1.54, 1.807) is 0 Å². The van der Waals surface area contributed by atoms with Crippen LogP contribution in [0.1, 0.15) is 24.3 Å². The average Bonchev–Trinajstić information content (AvgIpc) is 2.80. The van der Waals surface area contributed by atoms with Crippen molar-refractivity contribution in [2.75, 3.05) is 6.61 Å². The minimum Gasteiger partial charge on any atom is -0.501 e. The molecule has 1 unspecified atom stereocenters. The van der Waals surface area contributed by atoms with Gasteiger partial charge in [-0.05, 0) is 31.3 Å². The second kappa shape index (κ2) is 6.15. The molecule has 0 bridgehead atoms. The lowest BCUT2D eigenvalue weighted by Gasteiger charge is -2.07. The van der Waals surface area contributed by atoms with Gasteiger partial charge in [-0.2, -0.15) is 0 Å². The molecule has 1 heterocycles. The Balaban J connectivity index is 2.46. The number of aliphatic hydroxyl groups is 1. The largest absolute Gasteiger partial charge is 0.501 e. The van der Waals surface area contributed by atoms with Crippen LogP contribution in [0.3, 0.4) is 0 Å². The maximum atomic E-state index is 10.9. The molecule has 5 nitrogen and oxygen atoms in total. The van der Waals surface area contributed by atoms with Gasteiger partial charge in [-0.1, -0.05) is 6.07 Å². The van der Waals surface area contributed by atoms with Crippen LogP contribution in [0.25, 0.3) is 10.2 Å². The van der Waals surface area contributed by atoms with E-state index in [1.807, 2.05) is 25.1 Å². The van der Waals surface area contributed by atoms with Crippen molar-refractivity contribution < 1.29 is 19.7 Å². The van der Waals surface area contributed by atoms with Crippen molar-refractivity contribution in [2.45, 2.75) is 19.3 Å². The fourth-order valence-electron chi connectivity index (χ4n) is 1.81. The summed E-state index contributed by atoms with van der Waals surface area (Å²) in [6.45, 7) is 2.42. The van der Waals surface area contributed by atoms with Gasteiger partial charge in [0, 0.05) is 0 Å². The molecule has 0 spiro atoms. The lowest BCUT2D eigenvalue weighted by atomic mass is 10.1. The van der Waals surface area contributed by atoms with Gasteiger partial charge < -0.3 is 14.9 Å². The number of ether oxygens (including phenoxy) is 1. The van der Waals surface area contributed by atoms with Gasteiger partial charge in [-0.15, -0.1) is 11.3 Å². The number of thiazole rings is 1. The predicted octanol–water partition coefficient (Wildman–Crippen LogP) is 3.14. The molecule has 0 aliphatic rings. The van der Waals surface area contributed by atoms with Crippen molar-refractivity contribution in [3.63, 3.8) is 0 Å². The van der Waals surface area contributed by atoms with Crippen LogP contribution in [0.5, 0.6) is 5.75 Å². The number of carboxylic acid groups (broad SMARTS) is 1. The summed E-state index contributed by atoms with van der Waals surface area (Å²) in [5, 5.41) is 18.5. The third kappa shape index (κ3) is 3.05. The number of hydrogen-bond acceptors (Lipinski definition) is 5. The third-order valence-electron chi connectivity index (χ3n) is 2.67. The third-order valence-corrected chi connectivity index (χ3v) is 4.15. The minimum absolute atomic E-state index is 0.279. The lowest BCUT2D eigenvalue weighted by Crippen LogP contribution is -2.14. The molecular formula is C13H13NO4S2. The number of hydrogen-bond donors (Lipinski definition) is 2. The zero-order chi connectivity index (χ0) is 14.7. The highest BCUT2D eigenvalue weighted by Crippen LogP contribution is 2.35. The monoisotopic (exact) mass is 311 g/mol.